The molecule has 1 atom stereocenters. The molecule has 2 aliphatic rings. The van der Waals surface area contributed by atoms with Crippen molar-refractivity contribution in [2.24, 2.45) is 13.0 Å². The molecule has 0 radical (unpaired) electrons. The minimum atomic E-state index is -0.111. The molecule has 0 aromatic carbocycles. The average Bonchev–Trinajstić information content (AvgIpc) is 3.10. The topological polar surface area (TPSA) is 76.5 Å². The van der Waals surface area contributed by atoms with Gasteiger partial charge in [-0.3, -0.25) is 9.59 Å². The fraction of sp³-hybridized carbons (Fsp3) is 0.722. The molecule has 0 spiro atoms. The van der Waals surface area contributed by atoms with Gasteiger partial charge in [0.1, 0.15) is 0 Å². The number of hydrogen-bond donors (Lipinski definition) is 1. The van der Waals surface area contributed by atoms with E-state index in [1.807, 2.05) is 0 Å². The zero-order valence-corrected chi connectivity index (χ0v) is 14.9. The summed E-state index contributed by atoms with van der Waals surface area (Å²) in [5, 5.41) is 7.10. The molecule has 2 heterocycles. The number of amides is 1. The van der Waals surface area contributed by atoms with Gasteiger partial charge in [0.2, 0.25) is 5.91 Å². The Morgan fingerprint density at radius 2 is 2.20 bits per heavy atom. The second-order valence-corrected chi connectivity index (χ2v) is 7.11. The molecule has 1 N–H and O–H groups in total. The molecule has 3 rings (SSSR count). The summed E-state index contributed by atoms with van der Waals surface area (Å²) in [7, 11) is 1.64. The van der Waals surface area contributed by atoms with Crippen molar-refractivity contribution in [2.45, 2.75) is 44.6 Å². The lowest BCUT2D eigenvalue weighted by Crippen LogP contribution is -2.44. The Morgan fingerprint density at radius 1 is 1.40 bits per heavy atom. The molecule has 2 fully saturated rings. The van der Waals surface area contributed by atoms with Gasteiger partial charge in [0.15, 0.2) is 0 Å². The van der Waals surface area contributed by atoms with Gasteiger partial charge in [-0.05, 0) is 25.2 Å². The predicted octanol–water partition coefficient (Wildman–Crippen LogP) is 1.07. The van der Waals surface area contributed by atoms with Crippen molar-refractivity contribution in [1.29, 1.82) is 0 Å². The van der Waals surface area contributed by atoms with Gasteiger partial charge in [-0.1, -0.05) is 12.8 Å². The van der Waals surface area contributed by atoms with Gasteiger partial charge in [-0.15, -0.1) is 0 Å². The summed E-state index contributed by atoms with van der Waals surface area (Å²) in [6.07, 6.45) is 8.14. The quantitative estimate of drug-likeness (QED) is 0.832. The number of hydrogen-bond acceptors (Lipinski definition) is 5. The number of nitrogens with one attached hydrogen (secondary N) is 1. The standard InChI is InChI=1S/C18H28N4O3/c1-21-18(24)11-15(12-20-21)22-8-9-25-16(13-22)6-7-19-17(23)10-14-4-2-3-5-14/h11-12,14,16H,2-10,13H2,1H3,(H,19,23)/t16-/m0/s1. The van der Waals surface area contributed by atoms with Gasteiger partial charge >= 0.3 is 0 Å². The number of rotatable bonds is 6. The number of carbonyl (C=O) groups is 1. The molecule has 25 heavy (non-hydrogen) atoms. The molecule has 1 aliphatic carbocycles. The first-order valence-electron chi connectivity index (χ1n) is 9.28. The second kappa shape index (κ2) is 8.47. The minimum absolute atomic E-state index is 0.0598. The SMILES string of the molecule is Cn1ncc(N2CCO[C@@H](CCNC(=O)CC3CCCC3)C2)cc1=O. The summed E-state index contributed by atoms with van der Waals surface area (Å²) in [5.41, 5.74) is 0.724. The maximum atomic E-state index is 12.0. The van der Waals surface area contributed by atoms with E-state index in [9.17, 15) is 9.59 Å². The number of aryl methyl sites for hydroxylation is 1. The zero-order valence-electron chi connectivity index (χ0n) is 14.9. The normalized spacial score (nSPS) is 21.5. The first-order chi connectivity index (χ1) is 12.1. The summed E-state index contributed by atoms with van der Waals surface area (Å²) in [6.45, 7) is 2.72. The fourth-order valence-electron chi connectivity index (χ4n) is 3.68. The summed E-state index contributed by atoms with van der Waals surface area (Å²) in [6, 6.07) is 1.61. The lowest BCUT2D eigenvalue weighted by Gasteiger charge is -2.34. The first kappa shape index (κ1) is 17.9. The largest absolute Gasteiger partial charge is 0.374 e. The summed E-state index contributed by atoms with van der Waals surface area (Å²) < 4.78 is 7.12. The van der Waals surface area contributed by atoms with Crippen LogP contribution in [0.5, 0.6) is 0 Å². The first-order valence-corrected chi connectivity index (χ1v) is 9.28. The molecule has 1 saturated heterocycles. The molecule has 7 nitrogen and oxygen atoms in total. The van der Waals surface area contributed by atoms with Gasteiger partial charge in [-0.2, -0.15) is 5.10 Å². The Labute approximate surface area is 148 Å². The summed E-state index contributed by atoms with van der Waals surface area (Å²) in [5.74, 6) is 0.741. The Bertz CT molecular complexity index is 639. The van der Waals surface area contributed by atoms with E-state index in [0.717, 1.165) is 18.7 Å². The summed E-state index contributed by atoms with van der Waals surface area (Å²) >= 11 is 0. The van der Waals surface area contributed by atoms with Crippen molar-refractivity contribution in [3.63, 3.8) is 0 Å². The Hall–Kier alpha value is -1.89. The molecule has 1 aliphatic heterocycles. The van der Waals surface area contributed by atoms with Gasteiger partial charge in [-0.25, -0.2) is 4.68 Å². The molecule has 138 valence electrons. The van der Waals surface area contributed by atoms with E-state index in [2.05, 4.69) is 15.3 Å². The molecule has 0 unspecified atom stereocenters. The second-order valence-electron chi connectivity index (χ2n) is 7.11. The van der Waals surface area contributed by atoms with Crippen LogP contribution in [0.2, 0.25) is 0 Å². The number of anilines is 1. The Kier molecular flexibility index (Phi) is 6.07. The maximum Gasteiger partial charge on any atom is 0.268 e. The Morgan fingerprint density at radius 3 is 2.96 bits per heavy atom. The molecule has 7 heteroatoms. The zero-order chi connectivity index (χ0) is 17.6. The van der Waals surface area contributed by atoms with Crippen LogP contribution in [0.1, 0.15) is 38.5 Å². The van der Waals surface area contributed by atoms with Gasteiger partial charge < -0.3 is 15.0 Å². The van der Waals surface area contributed by atoms with Crippen LogP contribution >= 0.6 is 0 Å². The average molecular weight is 348 g/mol. The van der Waals surface area contributed by atoms with Crippen molar-refractivity contribution in [3.8, 4) is 0 Å². The highest BCUT2D eigenvalue weighted by Gasteiger charge is 2.22. The van der Waals surface area contributed by atoms with E-state index in [-0.39, 0.29) is 17.6 Å². The maximum absolute atomic E-state index is 12.0. The van der Waals surface area contributed by atoms with Gasteiger partial charge in [0, 0.05) is 39.2 Å². The predicted molar refractivity (Wildman–Crippen MR) is 95.6 cm³/mol. The van der Waals surface area contributed by atoms with Crippen LogP contribution in [0.25, 0.3) is 0 Å². The van der Waals surface area contributed by atoms with E-state index in [1.165, 1.54) is 30.4 Å². The lowest BCUT2D eigenvalue weighted by molar-refractivity contribution is -0.122. The van der Waals surface area contributed by atoms with E-state index in [0.29, 0.717) is 32.0 Å². The number of aromatic nitrogens is 2. The highest BCUT2D eigenvalue weighted by Crippen LogP contribution is 2.27. The number of morpholine rings is 1. The monoisotopic (exact) mass is 348 g/mol. The Balaban J connectivity index is 1.42. The lowest BCUT2D eigenvalue weighted by atomic mass is 10.0. The van der Waals surface area contributed by atoms with Crippen LogP contribution in [0.15, 0.2) is 17.1 Å². The molecule has 0 bridgehead atoms. The molecule has 1 amide bonds. The van der Waals surface area contributed by atoms with E-state index >= 15 is 0 Å². The highest BCUT2D eigenvalue weighted by molar-refractivity contribution is 5.76. The smallest absolute Gasteiger partial charge is 0.268 e. The molecular formula is C18H28N4O3. The number of nitrogens with zero attached hydrogens (tertiary/aromatic N) is 3. The van der Waals surface area contributed by atoms with E-state index < -0.39 is 0 Å². The number of carbonyl (C=O) groups excluding carboxylic acids is 1. The van der Waals surface area contributed by atoms with Gasteiger partial charge in [0.05, 0.1) is 24.6 Å². The van der Waals surface area contributed by atoms with E-state index in [4.69, 9.17) is 4.74 Å². The molecule has 1 aromatic heterocycles. The third-order valence-electron chi connectivity index (χ3n) is 5.19. The van der Waals surface area contributed by atoms with E-state index in [1.54, 1.807) is 19.3 Å². The molecule has 1 saturated carbocycles. The summed E-state index contributed by atoms with van der Waals surface area (Å²) in [4.78, 5) is 25.9. The van der Waals surface area contributed by atoms with Crippen molar-refractivity contribution < 1.29 is 9.53 Å². The van der Waals surface area contributed by atoms with Crippen LogP contribution in [0, 0.1) is 5.92 Å². The highest BCUT2D eigenvalue weighted by atomic mass is 16.5. The van der Waals surface area contributed by atoms with Crippen LogP contribution in [-0.2, 0) is 16.6 Å². The van der Waals surface area contributed by atoms with Crippen molar-refractivity contribution in [1.82, 2.24) is 15.1 Å². The molecule has 1 aromatic rings. The van der Waals surface area contributed by atoms with Crippen molar-refractivity contribution in [3.05, 3.63) is 22.6 Å². The van der Waals surface area contributed by atoms with Gasteiger partial charge in [0.25, 0.3) is 5.56 Å². The fourth-order valence-corrected chi connectivity index (χ4v) is 3.68. The van der Waals surface area contributed by atoms with Crippen LogP contribution in [-0.4, -0.2) is 48.0 Å². The molecular weight excluding hydrogens is 320 g/mol. The minimum Gasteiger partial charge on any atom is -0.374 e. The van der Waals surface area contributed by atoms with Crippen molar-refractivity contribution in [2.75, 3.05) is 31.1 Å². The van der Waals surface area contributed by atoms with Crippen molar-refractivity contribution >= 4 is 11.6 Å². The third-order valence-corrected chi connectivity index (χ3v) is 5.19. The van der Waals surface area contributed by atoms with Crippen LogP contribution in [0.3, 0.4) is 0 Å². The number of ether oxygens (including phenoxy) is 1. The van der Waals surface area contributed by atoms with Crippen LogP contribution in [0.4, 0.5) is 5.69 Å². The third kappa shape index (κ3) is 5.04. The van der Waals surface area contributed by atoms with Crippen LogP contribution < -0.4 is 15.8 Å².